The molecule has 0 aliphatic carbocycles. The van der Waals surface area contributed by atoms with Gasteiger partial charge in [0, 0.05) is 31.2 Å². The molecule has 2 atom stereocenters. The van der Waals surface area contributed by atoms with Crippen LogP contribution in [0.15, 0.2) is 12.7 Å². The normalized spacial score (nSPS) is 15.3. The third kappa shape index (κ3) is 7.11. The molecule has 0 aromatic rings. The van der Waals surface area contributed by atoms with Crippen molar-refractivity contribution in [2.24, 2.45) is 0 Å². The van der Waals surface area contributed by atoms with Crippen LogP contribution in [0, 0.1) is 0 Å². The summed E-state index contributed by atoms with van der Waals surface area (Å²) < 4.78 is 5.20. The summed E-state index contributed by atoms with van der Waals surface area (Å²) in [5.41, 5.74) is 0. The SMILES string of the molecule is C=CCSCCNC(C)C(C)OC. The summed E-state index contributed by atoms with van der Waals surface area (Å²) in [4.78, 5) is 0. The number of hydrogen-bond donors (Lipinski definition) is 1. The van der Waals surface area contributed by atoms with Crippen LogP contribution in [0.3, 0.4) is 0 Å². The van der Waals surface area contributed by atoms with Crippen molar-refractivity contribution in [2.75, 3.05) is 25.2 Å². The quantitative estimate of drug-likeness (QED) is 0.481. The van der Waals surface area contributed by atoms with Crippen LogP contribution in [0.2, 0.25) is 0 Å². The van der Waals surface area contributed by atoms with Crippen LogP contribution in [-0.4, -0.2) is 37.3 Å². The van der Waals surface area contributed by atoms with Gasteiger partial charge >= 0.3 is 0 Å². The zero-order valence-corrected chi connectivity index (χ0v) is 9.69. The number of thioether (sulfide) groups is 1. The second-order valence-corrected chi connectivity index (χ2v) is 4.20. The minimum Gasteiger partial charge on any atom is -0.380 e. The van der Waals surface area contributed by atoms with E-state index in [9.17, 15) is 0 Å². The highest BCUT2D eigenvalue weighted by molar-refractivity contribution is 7.99. The predicted octanol–water partition coefficient (Wildman–Crippen LogP) is 1.92. The summed E-state index contributed by atoms with van der Waals surface area (Å²) in [5.74, 6) is 2.17. The molecule has 13 heavy (non-hydrogen) atoms. The van der Waals surface area contributed by atoms with E-state index in [1.165, 1.54) is 0 Å². The summed E-state index contributed by atoms with van der Waals surface area (Å²) in [5, 5.41) is 3.41. The summed E-state index contributed by atoms with van der Waals surface area (Å²) in [6.45, 7) is 8.93. The Morgan fingerprint density at radius 2 is 2.23 bits per heavy atom. The van der Waals surface area contributed by atoms with Gasteiger partial charge in [-0.15, -0.1) is 6.58 Å². The predicted molar refractivity (Wildman–Crippen MR) is 61.5 cm³/mol. The summed E-state index contributed by atoms with van der Waals surface area (Å²) in [7, 11) is 1.75. The molecule has 1 N–H and O–H groups in total. The Hall–Kier alpha value is 0.01000. The lowest BCUT2D eigenvalue weighted by Gasteiger charge is -2.19. The van der Waals surface area contributed by atoms with E-state index in [4.69, 9.17) is 4.74 Å². The van der Waals surface area contributed by atoms with Gasteiger partial charge in [0.15, 0.2) is 0 Å². The Bertz CT molecular complexity index is 130. The molecule has 2 unspecified atom stereocenters. The van der Waals surface area contributed by atoms with Crippen molar-refractivity contribution < 1.29 is 4.74 Å². The van der Waals surface area contributed by atoms with Crippen molar-refractivity contribution in [1.82, 2.24) is 5.32 Å². The first-order valence-electron chi connectivity index (χ1n) is 4.67. The lowest BCUT2D eigenvalue weighted by Crippen LogP contribution is -2.37. The first-order valence-corrected chi connectivity index (χ1v) is 5.82. The molecule has 3 heteroatoms. The molecule has 0 saturated heterocycles. The van der Waals surface area contributed by atoms with Crippen LogP contribution in [0.1, 0.15) is 13.8 Å². The van der Waals surface area contributed by atoms with Crippen molar-refractivity contribution in [3.63, 3.8) is 0 Å². The van der Waals surface area contributed by atoms with Gasteiger partial charge in [0.25, 0.3) is 0 Å². The largest absolute Gasteiger partial charge is 0.380 e. The lowest BCUT2D eigenvalue weighted by molar-refractivity contribution is 0.0895. The number of ether oxygens (including phenoxy) is 1. The minimum absolute atomic E-state index is 0.282. The number of nitrogens with one attached hydrogen (secondary N) is 1. The van der Waals surface area contributed by atoms with Gasteiger partial charge in [-0.2, -0.15) is 11.8 Å². The van der Waals surface area contributed by atoms with E-state index in [1.54, 1.807) is 7.11 Å². The molecule has 0 saturated carbocycles. The highest BCUT2D eigenvalue weighted by Gasteiger charge is 2.08. The Morgan fingerprint density at radius 1 is 1.54 bits per heavy atom. The monoisotopic (exact) mass is 203 g/mol. The van der Waals surface area contributed by atoms with Crippen LogP contribution in [0.5, 0.6) is 0 Å². The van der Waals surface area contributed by atoms with Crippen molar-refractivity contribution in [3.8, 4) is 0 Å². The smallest absolute Gasteiger partial charge is 0.0693 e. The number of rotatable bonds is 8. The van der Waals surface area contributed by atoms with Gasteiger partial charge in [0.05, 0.1) is 6.10 Å². The highest BCUT2D eigenvalue weighted by Crippen LogP contribution is 1.99. The van der Waals surface area contributed by atoms with Gasteiger partial charge in [-0.05, 0) is 13.8 Å². The highest BCUT2D eigenvalue weighted by atomic mass is 32.2. The summed E-state index contributed by atoms with van der Waals surface area (Å²) in [6.07, 6.45) is 2.22. The lowest BCUT2D eigenvalue weighted by atomic mass is 10.2. The topological polar surface area (TPSA) is 21.3 Å². The van der Waals surface area contributed by atoms with E-state index in [-0.39, 0.29) is 6.10 Å². The Morgan fingerprint density at radius 3 is 2.77 bits per heavy atom. The molecular weight excluding hydrogens is 182 g/mol. The molecule has 0 radical (unpaired) electrons. The maximum absolute atomic E-state index is 5.20. The van der Waals surface area contributed by atoms with Crippen LogP contribution in [0.25, 0.3) is 0 Å². The first-order chi connectivity index (χ1) is 6.22. The van der Waals surface area contributed by atoms with Crippen LogP contribution >= 0.6 is 11.8 Å². The van der Waals surface area contributed by atoms with Gasteiger partial charge in [-0.1, -0.05) is 6.08 Å². The van der Waals surface area contributed by atoms with Crippen LogP contribution in [-0.2, 0) is 4.74 Å². The Kier molecular flexibility index (Phi) is 8.61. The molecule has 0 fully saturated rings. The zero-order chi connectivity index (χ0) is 10.1. The number of hydrogen-bond acceptors (Lipinski definition) is 3. The van der Waals surface area contributed by atoms with Gasteiger partial charge in [-0.3, -0.25) is 0 Å². The molecule has 0 aliphatic rings. The number of methoxy groups -OCH3 is 1. The van der Waals surface area contributed by atoms with E-state index in [1.807, 2.05) is 17.8 Å². The van der Waals surface area contributed by atoms with Crippen LogP contribution in [0.4, 0.5) is 0 Å². The fourth-order valence-corrected chi connectivity index (χ4v) is 1.49. The molecule has 2 nitrogen and oxygen atoms in total. The van der Waals surface area contributed by atoms with Gasteiger partial charge in [0.1, 0.15) is 0 Å². The fraction of sp³-hybridized carbons (Fsp3) is 0.800. The van der Waals surface area contributed by atoms with Gasteiger partial charge in [-0.25, -0.2) is 0 Å². The average molecular weight is 203 g/mol. The van der Waals surface area contributed by atoms with Crippen molar-refractivity contribution in [2.45, 2.75) is 26.0 Å². The molecule has 0 amide bonds. The van der Waals surface area contributed by atoms with E-state index < -0.39 is 0 Å². The third-order valence-electron chi connectivity index (χ3n) is 2.02. The molecule has 0 spiro atoms. The van der Waals surface area contributed by atoms with E-state index in [0.717, 1.165) is 18.1 Å². The van der Waals surface area contributed by atoms with Gasteiger partial charge in [0.2, 0.25) is 0 Å². The van der Waals surface area contributed by atoms with Crippen molar-refractivity contribution in [3.05, 3.63) is 12.7 Å². The molecular formula is C10H21NOS. The summed E-state index contributed by atoms with van der Waals surface area (Å²) >= 11 is 1.89. The van der Waals surface area contributed by atoms with Gasteiger partial charge < -0.3 is 10.1 Å². The fourth-order valence-electron chi connectivity index (χ4n) is 0.896. The minimum atomic E-state index is 0.282. The average Bonchev–Trinajstić information content (AvgIpc) is 2.16. The molecule has 78 valence electrons. The Labute approximate surface area is 86.1 Å². The maximum Gasteiger partial charge on any atom is 0.0693 e. The van der Waals surface area contributed by atoms with Crippen molar-refractivity contribution in [1.29, 1.82) is 0 Å². The van der Waals surface area contributed by atoms with E-state index >= 15 is 0 Å². The molecule has 0 bridgehead atoms. The Balaban J connectivity index is 3.26. The standard InChI is InChI=1S/C10H21NOS/c1-5-7-13-8-6-11-9(2)10(3)12-4/h5,9-11H,1,6-8H2,2-4H3. The molecule has 0 heterocycles. The van der Waals surface area contributed by atoms with E-state index in [2.05, 4.69) is 25.7 Å². The second kappa shape index (κ2) is 8.60. The third-order valence-corrected chi connectivity index (χ3v) is 2.99. The van der Waals surface area contributed by atoms with E-state index in [0.29, 0.717) is 6.04 Å². The molecule has 0 aliphatic heterocycles. The maximum atomic E-state index is 5.20. The first kappa shape index (κ1) is 13.0. The molecule has 0 rings (SSSR count). The molecule has 0 aromatic heterocycles. The van der Waals surface area contributed by atoms with Crippen LogP contribution < -0.4 is 5.32 Å². The second-order valence-electron chi connectivity index (χ2n) is 3.05. The summed E-state index contributed by atoms with van der Waals surface area (Å²) in [6, 6.07) is 0.425. The van der Waals surface area contributed by atoms with Crippen molar-refractivity contribution >= 4 is 11.8 Å². The zero-order valence-electron chi connectivity index (χ0n) is 8.88. The molecule has 0 aromatic carbocycles.